The molecule has 2 rings (SSSR count). The monoisotopic (exact) mass is 280 g/mol. The SMILES string of the molecule is CC1CNC(C(C)(C)C)CN1Cc1ccccc1Cl. The molecular formula is C16H25ClN2. The van der Waals surface area contributed by atoms with Gasteiger partial charge in [-0.1, -0.05) is 50.6 Å². The summed E-state index contributed by atoms with van der Waals surface area (Å²) in [5.74, 6) is 0. The van der Waals surface area contributed by atoms with E-state index in [4.69, 9.17) is 11.6 Å². The third-order valence-electron chi connectivity index (χ3n) is 4.08. The Labute approximate surface area is 122 Å². The van der Waals surface area contributed by atoms with Gasteiger partial charge in [-0.15, -0.1) is 0 Å². The molecule has 0 spiro atoms. The number of piperazine rings is 1. The number of rotatable bonds is 2. The van der Waals surface area contributed by atoms with Crippen LogP contribution in [-0.2, 0) is 6.54 Å². The molecule has 2 unspecified atom stereocenters. The first-order valence-electron chi connectivity index (χ1n) is 7.09. The van der Waals surface area contributed by atoms with Gasteiger partial charge in [0.1, 0.15) is 0 Å². The average Bonchev–Trinajstić information content (AvgIpc) is 2.33. The number of halogens is 1. The fourth-order valence-electron chi connectivity index (χ4n) is 2.57. The molecule has 1 saturated heterocycles. The van der Waals surface area contributed by atoms with Gasteiger partial charge >= 0.3 is 0 Å². The zero-order valence-corrected chi connectivity index (χ0v) is 13.2. The van der Waals surface area contributed by atoms with E-state index in [-0.39, 0.29) is 0 Å². The number of nitrogens with zero attached hydrogens (tertiary/aromatic N) is 1. The van der Waals surface area contributed by atoms with Gasteiger partial charge in [0, 0.05) is 36.7 Å². The molecule has 1 N–H and O–H groups in total. The van der Waals surface area contributed by atoms with E-state index >= 15 is 0 Å². The Bertz CT molecular complexity index is 425. The standard InChI is InChI=1S/C16H25ClN2/c1-12-9-18-15(16(2,3)4)11-19(12)10-13-7-5-6-8-14(13)17/h5-8,12,15,18H,9-11H2,1-4H3. The van der Waals surface area contributed by atoms with Crippen LogP contribution in [0.1, 0.15) is 33.3 Å². The van der Waals surface area contributed by atoms with Crippen LogP contribution < -0.4 is 5.32 Å². The lowest BCUT2D eigenvalue weighted by Gasteiger charge is -2.44. The Morgan fingerprint density at radius 2 is 2.00 bits per heavy atom. The number of nitrogens with one attached hydrogen (secondary N) is 1. The highest BCUT2D eigenvalue weighted by molar-refractivity contribution is 6.31. The molecule has 1 fully saturated rings. The lowest BCUT2D eigenvalue weighted by atomic mass is 9.84. The molecule has 1 heterocycles. The topological polar surface area (TPSA) is 15.3 Å². The van der Waals surface area contributed by atoms with Crippen molar-refractivity contribution in [2.45, 2.75) is 46.3 Å². The lowest BCUT2D eigenvalue weighted by molar-refractivity contribution is 0.0877. The average molecular weight is 281 g/mol. The third-order valence-corrected chi connectivity index (χ3v) is 4.45. The molecule has 2 nitrogen and oxygen atoms in total. The highest BCUT2D eigenvalue weighted by atomic mass is 35.5. The number of hydrogen-bond donors (Lipinski definition) is 1. The normalized spacial score (nSPS) is 25.5. The summed E-state index contributed by atoms with van der Waals surface area (Å²) in [5.41, 5.74) is 1.52. The van der Waals surface area contributed by atoms with Gasteiger partial charge in [0.05, 0.1) is 0 Å². The Balaban J connectivity index is 2.08. The van der Waals surface area contributed by atoms with E-state index in [0.29, 0.717) is 17.5 Å². The van der Waals surface area contributed by atoms with Gasteiger partial charge in [0.25, 0.3) is 0 Å². The van der Waals surface area contributed by atoms with Crippen molar-refractivity contribution in [3.63, 3.8) is 0 Å². The minimum atomic E-state index is 0.291. The Hall–Kier alpha value is -0.570. The molecule has 19 heavy (non-hydrogen) atoms. The van der Waals surface area contributed by atoms with Gasteiger partial charge in [-0.05, 0) is 24.0 Å². The molecule has 0 amide bonds. The molecule has 0 bridgehead atoms. The highest BCUT2D eigenvalue weighted by Gasteiger charge is 2.32. The molecule has 0 radical (unpaired) electrons. The second-order valence-electron chi connectivity index (χ2n) is 6.70. The smallest absolute Gasteiger partial charge is 0.0451 e. The fourth-order valence-corrected chi connectivity index (χ4v) is 2.76. The van der Waals surface area contributed by atoms with E-state index in [1.807, 2.05) is 12.1 Å². The van der Waals surface area contributed by atoms with Gasteiger partial charge in [-0.2, -0.15) is 0 Å². The molecular weight excluding hydrogens is 256 g/mol. The number of hydrogen-bond acceptors (Lipinski definition) is 2. The fraction of sp³-hybridized carbons (Fsp3) is 0.625. The largest absolute Gasteiger partial charge is 0.311 e. The van der Waals surface area contributed by atoms with Crippen molar-refractivity contribution in [2.75, 3.05) is 13.1 Å². The van der Waals surface area contributed by atoms with Crippen LogP contribution in [-0.4, -0.2) is 30.1 Å². The Kier molecular flexibility index (Phi) is 4.54. The van der Waals surface area contributed by atoms with Crippen LogP contribution in [0.5, 0.6) is 0 Å². The lowest BCUT2D eigenvalue weighted by Crippen LogP contribution is -2.59. The molecule has 0 aliphatic carbocycles. The van der Waals surface area contributed by atoms with Crippen LogP contribution in [0.4, 0.5) is 0 Å². The van der Waals surface area contributed by atoms with Gasteiger partial charge in [-0.25, -0.2) is 0 Å². The molecule has 0 saturated carbocycles. The van der Waals surface area contributed by atoms with E-state index in [0.717, 1.165) is 24.7 Å². The molecule has 1 aromatic rings. The summed E-state index contributed by atoms with van der Waals surface area (Å²) in [6.45, 7) is 12.2. The summed E-state index contributed by atoms with van der Waals surface area (Å²) in [6.07, 6.45) is 0. The zero-order valence-electron chi connectivity index (χ0n) is 12.4. The van der Waals surface area contributed by atoms with Crippen LogP contribution in [0, 0.1) is 5.41 Å². The second-order valence-corrected chi connectivity index (χ2v) is 7.10. The number of benzene rings is 1. The van der Waals surface area contributed by atoms with E-state index in [9.17, 15) is 0 Å². The molecule has 1 aliphatic rings. The molecule has 1 aliphatic heterocycles. The van der Waals surface area contributed by atoms with E-state index < -0.39 is 0 Å². The highest BCUT2D eigenvalue weighted by Crippen LogP contribution is 2.25. The molecule has 0 aromatic heterocycles. The third kappa shape index (κ3) is 3.71. The Morgan fingerprint density at radius 3 is 2.63 bits per heavy atom. The Morgan fingerprint density at radius 1 is 1.32 bits per heavy atom. The summed E-state index contributed by atoms with van der Waals surface area (Å²) >= 11 is 6.28. The summed E-state index contributed by atoms with van der Waals surface area (Å²) in [4.78, 5) is 2.54. The maximum atomic E-state index is 6.28. The minimum absolute atomic E-state index is 0.291. The first kappa shape index (κ1) is 14.8. The first-order valence-corrected chi connectivity index (χ1v) is 7.46. The van der Waals surface area contributed by atoms with Crippen molar-refractivity contribution >= 4 is 11.6 Å². The predicted molar refractivity (Wildman–Crippen MR) is 82.6 cm³/mol. The van der Waals surface area contributed by atoms with Crippen LogP contribution >= 0.6 is 11.6 Å². The summed E-state index contributed by atoms with van der Waals surface area (Å²) in [7, 11) is 0. The van der Waals surface area contributed by atoms with Crippen LogP contribution in [0.3, 0.4) is 0 Å². The van der Waals surface area contributed by atoms with Gasteiger partial charge in [-0.3, -0.25) is 4.90 Å². The summed E-state index contributed by atoms with van der Waals surface area (Å²) < 4.78 is 0. The van der Waals surface area contributed by atoms with Crippen molar-refractivity contribution in [3.8, 4) is 0 Å². The van der Waals surface area contributed by atoms with Crippen LogP contribution in [0.15, 0.2) is 24.3 Å². The van der Waals surface area contributed by atoms with Gasteiger partial charge < -0.3 is 5.32 Å². The minimum Gasteiger partial charge on any atom is -0.311 e. The zero-order chi connectivity index (χ0) is 14.0. The second kappa shape index (κ2) is 5.82. The van der Waals surface area contributed by atoms with Crippen molar-refractivity contribution in [1.29, 1.82) is 0 Å². The van der Waals surface area contributed by atoms with E-state index in [1.165, 1.54) is 5.56 Å². The summed E-state index contributed by atoms with van der Waals surface area (Å²) in [5, 5.41) is 4.54. The first-order chi connectivity index (χ1) is 8.88. The van der Waals surface area contributed by atoms with E-state index in [1.54, 1.807) is 0 Å². The van der Waals surface area contributed by atoms with Gasteiger partial charge in [0.2, 0.25) is 0 Å². The maximum Gasteiger partial charge on any atom is 0.0451 e. The van der Waals surface area contributed by atoms with Crippen molar-refractivity contribution in [3.05, 3.63) is 34.9 Å². The molecule has 1 aromatic carbocycles. The van der Waals surface area contributed by atoms with E-state index in [2.05, 4.69) is 50.0 Å². The van der Waals surface area contributed by atoms with Crippen LogP contribution in [0.2, 0.25) is 5.02 Å². The van der Waals surface area contributed by atoms with Crippen LogP contribution in [0.25, 0.3) is 0 Å². The maximum absolute atomic E-state index is 6.28. The van der Waals surface area contributed by atoms with Crippen molar-refractivity contribution in [2.24, 2.45) is 5.41 Å². The molecule has 2 atom stereocenters. The quantitative estimate of drug-likeness (QED) is 0.891. The molecule has 106 valence electrons. The summed E-state index contributed by atoms with van der Waals surface area (Å²) in [6, 6.07) is 9.25. The predicted octanol–water partition coefficient (Wildman–Crippen LogP) is 3.55. The van der Waals surface area contributed by atoms with Crippen molar-refractivity contribution < 1.29 is 0 Å². The van der Waals surface area contributed by atoms with Crippen molar-refractivity contribution in [1.82, 2.24) is 10.2 Å². The van der Waals surface area contributed by atoms with Gasteiger partial charge in [0.15, 0.2) is 0 Å². The molecule has 3 heteroatoms.